The van der Waals surface area contributed by atoms with Crippen LogP contribution in [0.2, 0.25) is 0 Å². The number of ether oxygens (including phenoxy) is 2. The Hall–Kier alpha value is -3.27. The molecule has 2 aromatic carbocycles. The van der Waals surface area contributed by atoms with Gasteiger partial charge in [0.2, 0.25) is 21.8 Å². The monoisotopic (exact) mass is 543 g/mol. The van der Waals surface area contributed by atoms with Crippen molar-refractivity contribution >= 4 is 27.5 Å². The number of hydrogen-bond donors (Lipinski definition) is 1. The molecule has 0 aromatic heterocycles. The predicted octanol–water partition coefficient (Wildman–Crippen LogP) is 3.40. The largest absolute Gasteiger partial charge is 0.486 e. The van der Waals surface area contributed by atoms with Gasteiger partial charge in [0.15, 0.2) is 11.5 Å². The fourth-order valence-corrected chi connectivity index (χ4v) is 5.76. The number of amides is 2. The molecule has 1 saturated carbocycles. The Morgan fingerprint density at radius 3 is 2.39 bits per heavy atom. The molecule has 9 nitrogen and oxygen atoms in total. The number of carbonyl (C=O) groups is 2. The molecule has 4 rings (SSSR count). The van der Waals surface area contributed by atoms with E-state index >= 15 is 0 Å². The maximum Gasteiger partial charge on any atom is 0.244 e. The van der Waals surface area contributed by atoms with Crippen LogP contribution in [0.5, 0.6) is 11.5 Å². The minimum Gasteiger partial charge on any atom is -0.486 e. The second-order valence-corrected chi connectivity index (χ2v) is 12.0. The fourth-order valence-electron chi connectivity index (χ4n) is 4.92. The zero-order valence-corrected chi connectivity index (χ0v) is 23.1. The lowest BCUT2D eigenvalue weighted by atomic mass is 9.95. The van der Waals surface area contributed by atoms with Crippen LogP contribution >= 0.6 is 0 Å². The molecule has 1 aliphatic carbocycles. The number of fused-ring (bicyclic) bond motifs is 1. The summed E-state index contributed by atoms with van der Waals surface area (Å²) in [5.74, 6) is 0.240. The van der Waals surface area contributed by atoms with E-state index in [0.29, 0.717) is 30.4 Å². The fraction of sp³-hybridized carbons (Fsp3) is 0.500. The van der Waals surface area contributed by atoms with E-state index in [4.69, 9.17) is 9.47 Å². The number of benzene rings is 2. The molecule has 2 amide bonds. The second kappa shape index (κ2) is 12.1. The summed E-state index contributed by atoms with van der Waals surface area (Å²) in [5, 5.41) is 3.11. The van der Waals surface area contributed by atoms with Gasteiger partial charge in [0.1, 0.15) is 25.8 Å². The Morgan fingerprint density at radius 1 is 1.03 bits per heavy atom. The molecule has 1 aliphatic heterocycles. The highest BCUT2D eigenvalue weighted by Crippen LogP contribution is 2.34. The third-order valence-electron chi connectivity index (χ3n) is 7.21. The van der Waals surface area contributed by atoms with Gasteiger partial charge in [-0.3, -0.25) is 13.9 Å². The van der Waals surface area contributed by atoms with Crippen molar-refractivity contribution in [1.29, 1.82) is 0 Å². The van der Waals surface area contributed by atoms with Crippen LogP contribution in [-0.2, 0) is 26.2 Å². The van der Waals surface area contributed by atoms with Gasteiger partial charge in [-0.05, 0) is 49.9 Å². The lowest BCUT2D eigenvalue weighted by Crippen LogP contribution is -2.53. The Bertz CT molecular complexity index is 1260. The van der Waals surface area contributed by atoms with Crippen LogP contribution in [0.25, 0.3) is 0 Å². The van der Waals surface area contributed by atoms with Crippen LogP contribution in [0.15, 0.2) is 42.5 Å². The van der Waals surface area contributed by atoms with Crippen LogP contribution in [0.1, 0.15) is 50.2 Å². The minimum atomic E-state index is -3.83. The van der Waals surface area contributed by atoms with E-state index in [9.17, 15) is 18.0 Å². The first kappa shape index (κ1) is 27.8. The summed E-state index contributed by atoms with van der Waals surface area (Å²) in [5.41, 5.74) is 2.17. The predicted molar refractivity (Wildman–Crippen MR) is 146 cm³/mol. The Morgan fingerprint density at radius 2 is 1.71 bits per heavy atom. The first-order chi connectivity index (χ1) is 18.1. The number of carbonyl (C=O) groups excluding carboxylic acids is 2. The third-order valence-corrected chi connectivity index (χ3v) is 8.35. The van der Waals surface area contributed by atoms with Crippen LogP contribution < -0.4 is 19.1 Å². The van der Waals surface area contributed by atoms with Gasteiger partial charge in [0, 0.05) is 18.7 Å². The van der Waals surface area contributed by atoms with E-state index in [2.05, 4.69) is 5.32 Å². The molecule has 10 heteroatoms. The molecule has 1 N–H and O–H groups in total. The Labute approximate surface area is 225 Å². The zero-order valence-electron chi connectivity index (χ0n) is 22.3. The number of nitrogens with one attached hydrogen (secondary N) is 1. The van der Waals surface area contributed by atoms with E-state index < -0.39 is 28.5 Å². The van der Waals surface area contributed by atoms with Crippen molar-refractivity contribution in [2.45, 2.75) is 64.6 Å². The van der Waals surface area contributed by atoms with Gasteiger partial charge >= 0.3 is 0 Å². The average Bonchev–Trinajstić information content (AvgIpc) is 2.90. The number of hydrogen-bond acceptors (Lipinski definition) is 6. The Balaban J connectivity index is 1.60. The smallest absolute Gasteiger partial charge is 0.244 e. The number of aryl methyl sites for hydroxylation is 1. The third kappa shape index (κ3) is 6.78. The molecule has 1 atom stereocenters. The van der Waals surface area contributed by atoms with Gasteiger partial charge < -0.3 is 19.7 Å². The summed E-state index contributed by atoms with van der Waals surface area (Å²) in [6.07, 6.45) is 6.23. The lowest BCUT2D eigenvalue weighted by Gasteiger charge is -2.33. The van der Waals surface area contributed by atoms with Crippen molar-refractivity contribution in [3.05, 3.63) is 53.6 Å². The molecule has 2 aliphatic rings. The number of sulfonamides is 1. The molecule has 1 heterocycles. The summed E-state index contributed by atoms with van der Waals surface area (Å²) in [6, 6.07) is 11.8. The van der Waals surface area contributed by atoms with Crippen LogP contribution in [0.4, 0.5) is 5.69 Å². The molecular formula is C28H37N3O6S. The van der Waals surface area contributed by atoms with E-state index in [-0.39, 0.29) is 18.5 Å². The highest BCUT2D eigenvalue weighted by atomic mass is 32.2. The quantitative estimate of drug-likeness (QED) is 0.520. The van der Waals surface area contributed by atoms with Crippen LogP contribution in [0, 0.1) is 6.92 Å². The molecule has 0 saturated heterocycles. The summed E-state index contributed by atoms with van der Waals surface area (Å²) in [4.78, 5) is 28.5. The van der Waals surface area contributed by atoms with E-state index in [0.717, 1.165) is 47.4 Å². The van der Waals surface area contributed by atoms with Crippen molar-refractivity contribution in [3.8, 4) is 11.5 Å². The van der Waals surface area contributed by atoms with Gasteiger partial charge in [-0.15, -0.1) is 0 Å². The summed E-state index contributed by atoms with van der Waals surface area (Å²) in [7, 11) is -3.83. The van der Waals surface area contributed by atoms with Crippen LogP contribution in [0.3, 0.4) is 0 Å². The van der Waals surface area contributed by atoms with Gasteiger partial charge in [-0.25, -0.2) is 8.42 Å². The summed E-state index contributed by atoms with van der Waals surface area (Å²) >= 11 is 0. The zero-order chi connectivity index (χ0) is 27.3. The number of rotatable bonds is 9. The molecule has 206 valence electrons. The molecule has 0 radical (unpaired) electrons. The number of nitrogens with zero attached hydrogens (tertiary/aromatic N) is 2. The van der Waals surface area contributed by atoms with Crippen molar-refractivity contribution in [3.63, 3.8) is 0 Å². The summed E-state index contributed by atoms with van der Waals surface area (Å²) in [6.45, 7) is 4.14. The molecule has 2 aromatic rings. The lowest BCUT2D eigenvalue weighted by molar-refractivity contribution is -0.139. The highest BCUT2D eigenvalue weighted by molar-refractivity contribution is 7.92. The van der Waals surface area contributed by atoms with Crippen molar-refractivity contribution in [1.82, 2.24) is 10.2 Å². The van der Waals surface area contributed by atoms with Crippen molar-refractivity contribution in [2.24, 2.45) is 0 Å². The van der Waals surface area contributed by atoms with Gasteiger partial charge in [-0.1, -0.05) is 43.5 Å². The molecule has 38 heavy (non-hydrogen) atoms. The van der Waals surface area contributed by atoms with Gasteiger partial charge in [0.05, 0.1) is 11.9 Å². The first-order valence-electron chi connectivity index (χ1n) is 13.1. The first-order valence-corrected chi connectivity index (χ1v) is 15.0. The van der Waals surface area contributed by atoms with Gasteiger partial charge in [0.25, 0.3) is 0 Å². The van der Waals surface area contributed by atoms with Crippen molar-refractivity contribution < 1.29 is 27.5 Å². The normalized spacial score (nSPS) is 16.4. The molecule has 0 spiro atoms. The highest BCUT2D eigenvalue weighted by Gasteiger charge is 2.32. The maximum absolute atomic E-state index is 13.8. The Kier molecular flexibility index (Phi) is 8.81. The van der Waals surface area contributed by atoms with E-state index in [1.807, 2.05) is 31.2 Å². The average molecular weight is 544 g/mol. The SMILES string of the molecule is Cc1ccccc1CN(C(=O)CN(c1ccc2c(c1)OCCO2)S(C)(=O)=O)[C@H](C)C(=O)NC1CCCCC1. The molecular weight excluding hydrogens is 506 g/mol. The van der Waals surface area contributed by atoms with Crippen molar-refractivity contribution in [2.75, 3.05) is 30.3 Å². The molecule has 1 fully saturated rings. The van der Waals surface area contributed by atoms with E-state index in [1.165, 1.54) is 11.3 Å². The topological polar surface area (TPSA) is 105 Å². The second-order valence-electron chi connectivity index (χ2n) is 10.1. The van der Waals surface area contributed by atoms with E-state index in [1.54, 1.807) is 25.1 Å². The van der Waals surface area contributed by atoms with Gasteiger partial charge in [-0.2, -0.15) is 0 Å². The summed E-state index contributed by atoms with van der Waals surface area (Å²) < 4.78 is 37.9. The number of anilines is 1. The minimum absolute atomic E-state index is 0.0966. The maximum atomic E-state index is 13.8. The molecule has 0 bridgehead atoms. The standard InChI is InChI=1S/C28H37N3O6S/c1-20-9-7-8-10-22(20)18-30(21(2)28(33)29-23-11-5-4-6-12-23)27(32)19-31(38(3,34)35)24-13-14-25-26(17-24)37-16-15-36-25/h7-10,13-14,17,21,23H,4-6,11-12,15-16,18-19H2,1-3H3,(H,29,33)/t21-/m1/s1. The molecule has 0 unspecified atom stereocenters. The van der Waals surface area contributed by atoms with Crippen LogP contribution in [-0.4, -0.2) is 63.2 Å².